The standard InChI is InChI=1S/C10H10N2O2S.2ClH/c1-14-10(13)8-6-15-9(12-8)7-3-2-4-11-5-7;;/h2-5,8H,6H2,1H3;2*1H/t8-;;/m0../s1. The Morgan fingerprint density at radius 3 is 2.88 bits per heavy atom. The molecule has 2 heterocycles. The number of hydrogen-bond donors (Lipinski definition) is 1. The number of pyridine rings is 1. The summed E-state index contributed by atoms with van der Waals surface area (Å²) in [7, 11) is 1.41. The molecule has 1 aliphatic heterocycles. The minimum atomic E-state index is -0.227. The fraction of sp³-hybridized carbons (Fsp3) is 0.300. The molecular formula is C10H12Cl2N2O2S. The van der Waals surface area contributed by atoms with Crippen LogP contribution < -0.4 is 34.8 Å². The van der Waals surface area contributed by atoms with Crippen molar-refractivity contribution in [1.82, 2.24) is 0 Å². The number of nitrogens with one attached hydrogen (secondary N) is 2. The number of ether oxygens (including phenoxy) is 1. The van der Waals surface area contributed by atoms with Gasteiger partial charge in [-0.2, -0.15) is 0 Å². The minimum absolute atomic E-state index is 0. The second-order valence-corrected chi connectivity index (χ2v) is 4.18. The minimum Gasteiger partial charge on any atom is -1.00 e. The van der Waals surface area contributed by atoms with E-state index in [0.29, 0.717) is 0 Å². The molecule has 2 rings (SSSR count). The van der Waals surface area contributed by atoms with E-state index in [1.54, 1.807) is 11.8 Å². The predicted molar refractivity (Wildman–Crippen MR) is 56.3 cm³/mol. The summed E-state index contributed by atoms with van der Waals surface area (Å²) in [5, 5.41) is 1.02. The van der Waals surface area contributed by atoms with Gasteiger partial charge in [-0.3, -0.25) is 0 Å². The van der Waals surface area contributed by atoms with Crippen molar-refractivity contribution >= 4 is 22.8 Å². The first-order chi connectivity index (χ1) is 7.31. The highest BCUT2D eigenvalue weighted by atomic mass is 35.5. The number of thioether (sulfide) groups is 1. The topological polar surface area (TPSA) is 54.4 Å². The van der Waals surface area contributed by atoms with Gasteiger partial charge in [0.1, 0.15) is 5.56 Å². The predicted octanol–water partition coefficient (Wildman–Crippen LogP) is -7.38. The van der Waals surface area contributed by atoms with Crippen LogP contribution in [0.5, 0.6) is 0 Å². The van der Waals surface area contributed by atoms with Gasteiger partial charge < -0.3 is 29.6 Å². The Hall–Kier alpha value is -0.780. The molecule has 1 aliphatic rings. The first-order valence-corrected chi connectivity index (χ1v) is 5.60. The summed E-state index contributed by atoms with van der Waals surface area (Å²) >= 11 is 1.63. The summed E-state index contributed by atoms with van der Waals surface area (Å²) in [5.41, 5.74) is 1.06. The number of aromatic nitrogens is 1. The summed E-state index contributed by atoms with van der Waals surface area (Å²) in [6, 6.07) is 3.69. The Labute approximate surface area is 116 Å². The molecule has 7 heteroatoms. The highest BCUT2D eigenvalue weighted by Gasteiger charge is 2.33. The highest BCUT2D eigenvalue weighted by Crippen LogP contribution is 2.12. The fourth-order valence-electron chi connectivity index (χ4n) is 1.38. The monoisotopic (exact) mass is 294 g/mol. The zero-order chi connectivity index (χ0) is 10.7. The molecule has 0 aromatic carbocycles. The van der Waals surface area contributed by atoms with E-state index < -0.39 is 0 Å². The van der Waals surface area contributed by atoms with Crippen molar-refractivity contribution in [2.45, 2.75) is 6.04 Å². The lowest BCUT2D eigenvalue weighted by molar-refractivity contribution is -0.477. The van der Waals surface area contributed by atoms with E-state index in [2.05, 4.69) is 14.7 Å². The average molecular weight is 295 g/mol. The molecule has 1 atom stereocenters. The maximum atomic E-state index is 11.3. The number of carbonyl (C=O) groups excluding carboxylic acids is 1. The van der Waals surface area contributed by atoms with Gasteiger partial charge in [-0.25, -0.2) is 14.8 Å². The number of esters is 1. The molecule has 0 amide bonds. The van der Waals surface area contributed by atoms with Gasteiger partial charge >= 0.3 is 5.97 Å². The Balaban J connectivity index is 0.00000128. The fourth-order valence-corrected chi connectivity index (χ4v) is 2.45. The SMILES string of the molecule is COC(=O)[C@@H]1CSC(c2ccc[nH+]c2)=[NH+]1.[Cl-].[Cl-]. The first-order valence-electron chi connectivity index (χ1n) is 4.62. The van der Waals surface area contributed by atoms with Gasteiger partial charge in [0.05, 0.1) is 12.9 Å². The number of rotatable bonds is 2. The van der Waals surface area contributed by atoms with Crippen LogP contribution in [0.1, 0.15) is 5.56 Å². The van der Waals surface area contributed by atoms with E-state index in [-0.39, 0.29) is 36.8 Å². The van der Waals surface area contributed by atoms with Gasteiger partial charge in [-0.05, 0) is 17.8 Å². The van der Waals surface area contributed by atoms with Gasteiger partial charge in [0.25, 0.3) is 6.04 Å². The highest BCUT2D eigenvalue weighted by molar-refractivity contribution is 8.14. The van der Waals surface area contributed by atoms with E-state index in [9.17, 15) is 4.79 Å². The molecule has 1 aromatic heterocycles. The molecule has 0 radical (unpaired) electrons. The number of halogens is 2. The molecule has 0 aliphatic carbocycles. The van der Waals surface area contributed by atoms with Crippen LogP contribution in [0.3, 0.4) is 0 Å². The smallest absolute Gasteiger partial charge is 0.376 e. The van der Waals surface area contributed by atoms with Crippen LogP contribution in [0.25, 0.3) is 0 Å². The lowest BCUT2D eigenvalue weighted by Gasteiger charge is -1.95. The normalized spacial score (nSPS) is 17.5. The van der Waals surface area contributed by atoms with Crippen molar-refractivity contribution in [3.05, 3.63) is 30.1 Å². The van der Waals surface area contributed by atoms with Crippen LogP contribution in [-0.4, -0.2) is 29.9 Å². The number of H-pyrrole nitrogens is 1. The maximum absolute atomic E-state index is 11.3. The summed E-state index contributed by atoms with van der Waals surface area (Å²) in [5.74, 6) is 0.508. The molecule has 2 N–H and O–H groups in total. The van der Waals surface area contributed by atoms with Crippen molar-refractivity contribution in [2.24, 2.45) is 0 Å². The third-order valence-electron chi connectivity index (χ3n) is 2.15. The molecule has 0 bridgehead atoms. The zero-order valence-electron chi connectivity index (χ0n) is 9.07. The van der Waals surface area contributed by atoms with Crippen molar-refractivity contribution in [3.63, 3.8) is 0 Å². The van der Waals surface area contributed by atoms with Gasteiger partial charge in [0, 0.05) is 6.07 Å². The Morgan fingerprint density at radius 2 is 2.29 bits per heavy atom. The summed E-state index contributed by atoms with van der Waals surface area (Å²) < 4.78 is 4.68. The lowest BCUT2D eigenvalue weighted by Crippen LogP contribution is -3.00. The largest absolute Gasteiger partial charge is 1.00 e. The third-order valence-corrected chi connectivity index (χ3v) is 3.30. The van der Waals surface area contributed by atoms with Gasteiger partial charge in [-0.15, -0.1) is 0 Å². The number of hydrogen-bond acceptors (Lipinski definition) is 3. The molecule has 0 saturated carbocycles. The summed E-state index contributed by atoms with van der Waals surface area (Å²) in [4.78, 5) is 17.4. The van der Waals surface area contributed by atoms with Crippen molar-refractivity contribution in [3.8, 4) is 0 Å². The van der Waals surface area contributed by atoms with Crippen molar-refractivity contribution < 1.29 is 44.3 Å². The number of carbonyl (C=O) groups is 1. The van der Waals surface area contributed by atoms with Crippen LogP contribution in [0.4, 0.5) is 0 Å². The Morgan fingerprint density at radius 1 is 1.53 bits per heavy atom. The Bertz CT molecular complexity index is 401. The second kappa shape index (κ2) is 7.53. The molecule has 4 nitrogen and oxygen atoms in total. The van der Waals surface area contributed by atoms with Gasteiger partial charge in [0.2, 0.25) is 5.04 Å². The van der Waals surface area contributed by atoms with Crippen LogP contribution >= 0.6 is 11.8 Å². The molecule has 94 valence electrons. The second-order valence-electron chi connectivity index (χ2n) is 3.15. The average Bonchev–Trinajstić information content (AvgIpc) is 2.78. The lowest BCUT2D eigenvalue weighted by atomic mass is 10.3. The van der Waals surface area contributed by atoms with Crippen molar-refractivity contribution in [2.75, 3.05) is 12.9 Å². The molecule has 0 saturated heterocycles. The van der Waals surface area contributed by atoms with E-state index >= 15 is 0 Å². The zero-order valence-corrected chi connectivity index (χ0v) is 11.4. The van der Waals surface area contributed by atoms with E-state index in [4.69, 9.17) is 0 Å². The number of aromatic amines is 1. The van der Waals surface area contributed by atoms with Crippen LogP contribution in [0.15, 0.2) is 24.5 Å². The van der Waals surface area contributed by atoms with Gasteiger partial charge in [-0.1, -0.05) is 0 Å². The van der Waals surface area contributed by atoms with Crippen LogP contribution in [0, 0.1) is 0 Å². The Kier molecular flexibility index (Phi) is 7.18. The molecular weight excluding hydrogens is 283 g/mol. The summed E-state index contributed by atoms with van der Waals surface area (Å²) in [6.07, 6.45) is 3.75. The molecule has 0 fully saturated rings. The quantitative estimate of drug-likeness (QED) is 0.552. The molecule has 0 spiro atoms. The van der Waals surface area contributed by atoms with E-state index in [0.717, 1.165) is 16.4 Å². The first kappa shape index (κ1) is 16.2. The van der Waals surface area contributed by atoms with Crippen molar-refractivity contribution in [1.29, 1.82) is 0 Å². The summed E-state index contributed by atoms with van der Waals surface area (Å²) in [6.45, 7) is 0. The number of methoxy groups -OCH3 is 1. The third kappa shape index (κ3) is 3.87. The van der Waals surface area contributed by atoms with Crippen LogP contribution in [-0.2, 0) is 9.53 Å². The molecule has 0 unspecified atom stereocenters. The van der Waals surface area contributed by atoms with Crippen LogP contribution in [0.2, 0.25) is 0 Å². The van der Waals surface area contributed by atoms with Gasteiger partial charge in [0.15, 0.2) is 12.4 Å². The van der Waals surface area contributed by atoms with E-state index in [1.165, 1.54) is 7.11 Å². The molecule has 1 aromatic rings. The molecule has 17 heavy (non-hydrogen) atoms. The maximum Gasteiger partial charge on any atom is 0.376 e. The van der Waals surface area contributed by atoms with E-state index in [1.807, 2.05) is 24.5 Å².